The molecule has 0 aliphatic carbocycles. The quantitative estimate of drug-likeness (QED) is 0.895. The van der Waals surface area contributed by atoms with E-state index in [1.165, 1.54) is 0 Å². The number of hydrogen-bond donors (Lipinski definition) is 1. The normalized spacial score (nSPS) is 12.5. The summed E-state index contributed by atoms with van der Waals surface area (Å²) in [6.07, 6.45) is 3.53. The summed E-state index contributed by atoms with van der Waals surface area (Å²) in [5.41, 5.74) is 0.540. The van der Waals surface area contributed by atoms with E-state index in [-0.39, 0.29) is 12.7 Å². The molecule has 0 saturated heterocycles. The van der Waals surface area contributed by atoms with Crippen molar-refractivity contribution in [3.63, 3.8) is 0 Å². The molecule has 1 aromatic heterocycles. The number of nitrogens with one attached hydrogen (secondary N) is 1. The fourth-order valence-electron chi connectivity index (χ4n) is 1.87. The summed E-state index contributed by atoms with van der Waals surface area (Å²) in [7, 11) is 1.88. The third kappa shape index (κ3) is 2.24. The average Bonchev–Trinajstić information content (AvgIpc) is 3.03. The molecule has 98 valence electrons. The van der Waals surface area contributed by atoms with E-state index in [1.807, 2.05) is 17.8 Å². The number of hydrogen-bond acceptors (Lipinski definition) is 4. The zero-order chi connectivity index (χ0) is 13.2. The molecular formula is C13H13N3O3. The number of aryl methyl sites for hydroxylation is 1. The first-order valence-electron chi connectivity index (χ1n) is 5.88. The summed E-state index contributed by atoms with van der Waals surface area (Å²) in [4.78, 5) is 16.1. The number of nitrogens with zero attached hydrogens (tertiary/aromatic N) is 2. The van der Waals surface area contributed by atoms with Crippen molar-refractivity contribution in [1.82, 2.24) is 14.9 Å². The lowest BCUT2D eigenvalue weighted by Crippen LogP contribution is -2.24. The van der Waals surface area contributed by atoms with E-state index in [1.54, 1.807) is 24.4 Å². The summed E-state index contributed by atoms with van der Waals surface area (Å²) >= 11 is 0. The van der Waals surface area contributed by atoms with Crippen LogP contribution >= 0.6 is 0 Å². The van der Waals surface area contributed by atoms with E-state index in [4.69, 9.17) is 9.47 Å². The summed E-state index contributed by atoms with van der Waals surface area (Å²) in [6.45, 7) is 0.588. The lowest BCUT2D eigenvalue weighted by molar-refractivity contribution is 0.0949. The minimum absolute atomic E-state index is 0.165. The van der Waals surface area contributed by atoms with Crippen LogP contribution in [0.15, 0.2) is 30.6 Å². The number of carbonyl (C=O) groups is 1. The molecule has 0 spiro atoms. The Kier molecular flexibility index (Phi) is 2.83. The van der Waals surface area contributed by atoms with Gasteiger partial charge in [-0.3, -0.25) is 4.79 Å². The summed E-state index contributed by atoms with van der Waals surface area (Å²) in [5.74, 6) is 1.90. The van der Waals surface area contributed by atoms with Crippen molar-refractivity contribution in [2.24, 2.45) is 7.05 Å². The van der Waals surface area contributed by atoms with E-state index in [0.29, 0.717) is 23.6 Å². The molecule has 1 aromatic carbocycles. The molecule has 3 rings (SSSR count). The maximum Gasteiger partial charge on any atom is 0.251 e. The maximum absolute atomic E-state index is 12.0. The Morgan fingerprint density at radius 2 is 2.26 bits per heavy atom. The topological polar surface area (TPSA) is 65.4 Å². The highest BCUT2D eigenvalue weighted by Gasteiger charge is 2.16. The largest absolute Gasteiger partial charge is 0.454 e. The van der Waals surface area contributed by atoms with Gasteiger partial charge in [-0.15, -0.1) is 0 Å². The Morgan fingerprint density at radius 3 is 3.05 bits per heavy atom. The zero-order valence-corrected chi connectivity index (χ0v) is 10.4. The Bertz CT molecular complexity index is 621. The first-order valence-corrected chi connectivity index (χ1v) is 5.88. The number of imidazole rings is 1. The van der Waals surface area contributed by atoms with Crippen LogP contribution in [0.1, 0.15) is 16.2 Å². The van der Waals surface area contributed by atoms with Gasteiger partial charge in [0.25, 0.3) is 5.91 Å². The van der Waals surface area contributed by atoms with Crippen LogP contribution in [0.3, 0.4) is 0 Å². The fourth-order valence-corrected chi connectivity index (χ4v) is 1.87. The molecule has 0 radical (unpaired) electrons. The first kappa shape index (κ1) is 11.6. The van der Waals surface area contributed by atoms with Crippen molar-refractivity contribution in [2.75, 3.05) is 6.79 Å². The molecule has 1 aliphatic heterocycles. The van der Waals surface area contributed by atoms with Crippen molar-refractivity contribution in [2.45, 2.75) is 6.54 Å². The number of amides is 1. The third-order valence-electron chi connectivity index (χ3n) is 2.96. The fraction of sp³-hybridized carbons (Fsp3) is 0.231. The molecule has 0 atom stereocenters. The molecular weight excluding hydrogens is 246 g/mol. The van der Waals surface area contributed by atoms with Gasteiger partial charge in [0.15, 0.2) is 11.5 Å². The van der Waals surface area contributed by atoms with Crippen LogP contribution in [-0.2, 0) is 13.6 Å². The molecule has 1 aliphatic rings. The molecule has 6 heteroatoms. The van der Waals surface area contributed by atoms with Gasteiger partial charge in [-0.2, -0.15) is 0 Å². The molecule has 0 bridgehead atoms. The Balaban J connectivity index is 1.69. The van der Waals surface area contributed by atoms with Gasteiger partial charge in [0, 0.05) is 25.0 Å². The minimum Gasteiger partial charge on any atom is -0.454 e. The van der Waals surface area contributed by atoms with Crippen molar-refractivity contribution in [3.8, 4) is 11.5 Å². The number of benzene rings is 1. The van der Waals surface area contributed by atoms with Crippen LogP contribution in [0.5, 0.6) is 11.5 Å². The molecule has 2 aromatic rings. The molecule has 0 unspecified atom stereocenters. The third-order valence-corrected chi connectivity index (χ3v) is 2.96. The highest BCUT2D eigenvalue weighted by molar-refractivity contribution is 5.94. The second-order valence-corrected chi connectivity index (χ2v) is 4.21. The molecule has 1 amide bonds. The van der Waals surface area contributed by atoms with Gasteiger partial charge in [0.2, 0.25) is 6.79 Å². The van der Waals surface area contributed by atoms with Gasteiger partial charge in [0.05, 0.1) is 6.54 Å². The van der Waals surface area contributed by atoms with Gasteiger partial charge >= 0.3 is 0 Å². The number of rotatable bonds is 3. The standard InChI is InChI=1S/C13H13N3O3/c1-16-5-4-14-12(16)7-15-13(17)9-2-3-10-11(6-9)19-8-18-10/h2-6H,7-8H2,1H3,(H,15,17). The smallest absolute Gasteiger partial charge is 0.251 e. The van der Waals surface area contributed by atoms with E-state index in [9.17, 15) is 4.79 Å². The SMILES string of the molecule is Cn1ccnc1CNC(=O)c1ccc2c(c1)OCO2. The Labute approximate surface area is 110 Å². The van der Waals surface area contributed by atoms with Crippen molar-refractivity contribution < 1.29 is 14.3 Å². The summed E-state index contributed by atoms with van der Waals surface area (Å²) in [5, 5.41) is 2.81. The van der Waals surface area contributed by atoms with Crippen LogP contribution in [0.4, 0.5) is 0 Å². The predicted octanol–water partition coefficient (Wildman–Crippen LogP) is 1.08. The Morgan fingerprint density at radius 1 is 1.42 bits per heavy atom. The Hall–Kier alpha value is -2.50. The van der Waals surface area contributed by atoms with E-state index < -0.39 is 0 Å². The summed E-state index contributed by atoms with van der Waals surface area (Å²) in [6, 6.07) is 5.12. The monoisotopic (exact) mass is 259 g/mol. The first-order chi connectivity index (χ1) is 9.24. The summed E-state index contributed by atoms with van der Waals surface area (Å²) < 4.78 is 12.3. The average molecular weight is 259 g/mol. The van der Waals surface area contributed by atoms with Gasteiger partial charge in [-0.1, -0.05) is 0 Å². The van der Waals surface area contributed by atoms with Gasteiger partial charge in [-0.25, -0.2) is 4.98 Å². The molecule has 19 heavy (non-hydrogen) atoms. The van der Waals surface area contributed by atoms with Crippen molar-refractivity contribution in [3.05, 3.63) is 42.0 Å². The van der Waals surface area contributed by atoms with Crippen molar-refractivity contribution >= 4 is 5.91 Å². The lowest BCUT2D eigenvalue weighted by atomic mass is 10.2. The molecule has 1 N–H and O–H groups in total. The molecule has 6 nitrogen and oxygen atoms in total. The van der Waals surface area contributed by atoms with Crippen LogP contribution in [0.2, 0.25) is 0 Å². The molecule has 0 saturated carbocycles. The van der Waals surface area contributed by atoms with E-state index in [0.717, 1.165) is 5.82 Å². The predicted molar refractivity (Wildman–Crippen MR) is 66.9 cm³/mol. The highest BCUT2D eigenvalue weighted by atomic mass is 16.7. The number of ether oxygens (including phenoxy) is 2. The van der Waals surface area contributed by atoms with Gasteiger partial charge in [0.1, 0.15) is 5.82 Å². The lowest BCUT2D eigenvalue weighted by Gasteiger charge is -2.06. The van der Waals surface area contributed by atoms with Gasteiger partial charge < -0.3 is 19.4 Å². The van der Waals surface area contributed by atoms with E-state index in [2.05, 4.69) is 10.3 Å². The van der Waals surface area contributed by atoms with Crippen LogP contribution in [-0.4, -0.2) is 22.3 Å². The number of carbonyl (C=O) groups excluding carboxylic acids is 1. The van der Waals surface area contributed by atoms with Gasteiger partial charge in [-0.05, 0) is 18.2 Å². The van der Waals surface area contributed by atoms with Crippen LogP contribution < -0.4 is 14.8 Å². The van der Waals surface area contributed by atoms with Crippen LogP contribution in [0, 0.1) is 0 Å². The van der Waals surface area contributed by atoms with E-state index >= 15 is 0 Å². The molecule has 0 fully saturated rings. The highest BCUT2D eigenvalue weighted by Crippen LogP contribution is 2.32. The second kappa shape index (κ2) is 4.64. The number of aromatic nitrogens is 2. The second-order valence-electron chi connectivity index (χ2n) is 4.21. The zero-order valence-electron chi connectivity index (χ0n) is 10.4. The van der Waals surface area contributed by atoms with Crippen molar-refractivity contribution in [1.29, 1.82) is 0 Å². The molecule has 2 heterocycles. The minimum atomic E-state index is -0.165. The maximum atomic E-state index is 12.0. The number of fused-ring (bicyclic) bond motifs is 1. The van der Waals surface area contributed by atoms with Crippen LogP contribution in [0.25, 0.3) is 0 Å².